The first-order chi connectivity index (χ1) is 31.2. The lowest BCUT2D eigenvalue weighted by atomic mass is 10.00. The fraction of sp³-hybridized carbons (Fsp3) is 0. The molecule has 0 radical (unpaired) electrons. The molecule has 0 fully saturated rings. The second kappa shape index (κ2) is 14.1. The Hall–Kier alpha value is -8.33. The van der Waals surface area contributed by atoms with Crippen molar-refractivity contribution in [1.29, 1.82) is 0 Å². The smallest absolute Gasteiger partial charge is 0.180 e. The normalized spacial score (nSPS) is 11.8. The maximum Gasteiger partial charge on any atom is 0.180 e. The number of furan rings is 2. The summed E-state index contributed by atoms with van der Waals surface area (Å²) in [7, 11) is 0. The SMILES string of the molecule is c1ccc(-c2nc(-c3cccc(-c4cccc5c4sc4ccccc45)c3)nc(-c3cccc4oc5cccc(-c6nc(-c7ccccc7)c7oc8ccccc8c7n6)c5c34)n2)cc1. The first-order valence-corrected chi connectivity index (χ1v) is 21.6. The van der Waals surface area contributed by atoms with Crippen molar-refractivity contribution in [2.24, 2.45) is 0 Å². The number of rotatable bonds is 6. The lowest BCUT2D eigenvalue weighted by Crippen LogP contribution is -2.00. The van der Waals surface area contributed by atoms with E-state index in [4.69, 9.17) is 33.8 Å². The van der Waals surface area contributed by atoms with Gasteiger partial charge in [0.25, 0.3) is 0 Å². The Balaban J connectivity index is 1.03. The molecule has 5 aromatic heterocycles. The van der Waals surface area contributed by atoms with Crippen LogP contribution < -0.4 is 0 Å². The van der Waals surface area contributed by atoms with E-state index in [-0.39, 0.29) is 0 Å². The summed E-state index contributed by atoms with van der Waals surface area (Å²) in [4.78, 5) is 26.1. The van der Waals surface area contributed by atoms with Crippen LogP contribution in [0.1, 0.15) is 0 Å². The van der Waals surface area contributed by atoms with Gasteiger partial charge in [-0.3, -0.25) is 0 Å². The molecule has 0 aliphatic carbocycles. The monoisotopic (exact) mass is 825 g/mol. The average Bonchev–Trinajstić information content (AvgIpc) is 4.06. The predicted molar refractivity (Wildman–Crippen MR) is 255 cm³/mol. The summed E-state index contributed by atoms with van der Waals surface area (Å²) < 4.78 is 15.6. The molecule has 8 heteroatoms. The molecule has 0 N–H and O–H groups in total. The van der Waals surface area contributed by atoms with Gasteiger partial charge in [-0.25, -0.2) is 24.9 Å². The first kappa shape index (κ1) is 35.4. The summed E-state index contributed by atoms with van der Waals surface area (Å²) in [5, 5.41) is 5.19. The van der Waals surface area contributed by atoms with Crippen LogP contribution in [0.25, 0.3) is 132 Å². The molecule has 13 aromatic rings. The molecule has 0 aliphatic heterocycles. The predicted octanol–water partition coefficient (Wildman–Crippen LogP) is 14.8. The van der Waals surface area contributed by atoms with Crippen LogP contribution in [0.15, 0.2) is 197 Å². The van der Waals surface area contributed by atoms with E-state index >= 15 is 0 Å². The maximum atomic E-state index is 6.64. The zero-order chi connectivity index (χ0) is 41.4. The number of fused-ring (bicyclic) bond motifs is 9. The van der Waals surface area contributed by atoms with Crippen molar-refractivity contribution in [3.05, 3.63) is 188 Å². The van der Waals surface area contributed by atoms with E-state index in [2.05, 4.69) is 78.9 Å². The summed E-state index contributed by atoms with van der Waals surface area (Å²) in [6.45, 7) is 0. The zero-order valence-electron chi connectivity index (χ0n) is 33.4. The molecule has 294 valence electrons. The largest absolute Gasteiger partial charge is 0.456 e. The Morgan fingerprint density at radius 1 is 0.349 bits per heavy atom. The maximum absolute atomic E-state index is 6.64. The highest BCUT2D eigenvalue weighted by atomic mass is 32.1. The summed E-state index contributed by atoms with van der Waals surface area (Å²) >= 11 is 1.82. The number of nitrogens with zero attached hydrogens (tertiary/aromatic N) is 5. The third-order valence-corrected chi connectivity index (χ3v) is 13.0. The molecule has 0 saturated heterocycles. The molecular formula is C55H31N5O2S. The lowest BCUT2D eigenvalue weighted by molar-refractivity contribution is 0.667. The van der Waals surface area contributed by atoms with E-state index in [0.29, 0.717) is 40.0 Å². The van der Waals surface area contributed by atoms with Crippen molar-refractivity contribution in [3.63, 3.8) is 0 Å². The highest BCUT2D eigenvalue weighted by Crippen LogP contribution is 2.44. The number of para-hydroxylation sites is 1. The fourth-order valence-electron chi connectivity index (χ4n) is 8.88. The van der Waals surface area contributed by atoms with Crippen molar-refractivity contribution in [1.82, 2.24) is 24.9 Å². The first-order valence-electron chi connectivity index (χ1n) is 20.7. The molecule has 0 bridgehead atoms. The molecule has 5 heterocycles. The van der Waals surface area contributed by atoms with Gasteiger partial charge >= 0.3 is 0 Å². The van der Waals surface area contributed by atoms with Gasteiger partial charge in [-0.2, -0.15) is 0 Å². The van der Waals surface area contributed by atoms with E-state index in [0.717, 1.165) is 66.3 Å². The molecule has 0 amide bonds. The van der Waals surface area contributed by atoms with Crippen molar-refractivity contribution < 1.29 is 8.83 Å². The van der Waals surface area contributed by atoms with Gasteiger partial charge in [0.05, 0.1) is 0 Å². The number of hydrogen-bond acceptors (Lipinski definition) is 8. The summed E-state index contributed by atoms with van der Waals surface area (Å²) in [5.41, 5.74) is 10.9. The van der Waals surface area contributed by atoms with Gasteiger partial charge in [0, 0.05) is 64.1 Å². The van der Waals surface area contributed by atoms with Gasteiger partial charge in [0.15, 0.2) is 28.9 Å². The molecule has 13 rings (SSSR count). The molecule has 0 unspecified atom stereocenters. The third kappa shape index (κ3) is 5.76. The van der Waals surface area contributed by atoms with Crippen LogP contribution in [-0.2, 0) is 0 Å². The molecule has 0 saturated carbocycles. The van der Waals surface area contributed by atoms with Gasteiger partial charge < -0.3 is 8.83 Å². The Bertz CT molecular complexity index is 3930. The molecule has 0 atom stereocenters. The van der Waals surface area contributed by atoms with Crippen molar-refractivity contribution in [3.8, 4) is 67.9 Å². The molecule has 0 spiro atoms. The van der Waals surface area contributed by atoms with E-state index in [1.54, 1.807) is 0 Å². The Morgan fingerprint density at radius 3 is 1.67 bits per heavy atom. The lowest BCUT2D eigenvalue weighted by Gasteiger charge is -2.11. The van der Waals surface area contributed by atoms with Crippen LogP contribution in [0, 0.1) is 0 Å². The minimum Gasteiger partial charge on any atom is -0.456 e. The van der Waals surface area contributed by atoms with Crippen LogP contribution in [0.3, 0.4) is 0 Å². The third-order valence-electron chi connectivity index (χ3n) is 11.8. The number of hydrogen-bond donors (Lipinski definition) is 0. The van der Waals surface area contributed by atoms with E-state index in [1.165, 1.54) is 25.7 Å². The number of benzene rings is 8. The molecule has 8 aromatic carbocycles. The van der Waals surface area contributed by atoms with Gasteiger partial charge in [0.2, 0.25) is 0 Å². The van der Waals surface area contributed by atoms with Crippen LogP contribution in [-0.4, -0.2) is 24.9 Å². The number of thiophene rings is 1. The quantitative estimate of drug-likeness (QED) is 0.165. The molecule has 7 nitrogen and oxygen atoms in total. The molecule has 0 aliphatic rings. The summed E-state index contributed by atoms with van der Waals surface area (Å²) in [6, 6.07) is 63.9. The van der Waals surface area contributed by atoms with Gasteiger partial charge in [-0.05, 0) is 47.5 Å². The van der Waals surface area contributed by atoms with Crippen LogP contribution in [0.2, 0.25) is 0 Å². The Labute approximate surface area is 363 Å². The summed E-state index contributed by atoms with van der Waals surface area (Å²) in [5.74, 6) is 2.23. The van der Waals surface area contributed by atoms with Crippen molar-refractivity contribution in [2.75, 3.05) is 0 Å². The highest BCUT2D eigenvalue weighted by Gasteiger charge is 2.24. The summed E-state index contributed by atoms with van der Waals surface area (Å²) in [6.07, 6.45) is 0. The van der Waals surface area contributed by atoms with Crippen molar-refractivity contribution >= 4 is 75.5 Å². The van der Waals surface area contributed by atoms with E-state index in [9.17, 15) is 0 Å². The van der Waals surface area contributed by atoms with Crippen LogP contribution in [0.5, 0.6) is 0 Å². The second-order valence-corrected chi connectivity index (χ2v) is 16.6. The second-order valence-electron chi connectivity index (χ2n) is 15.5. The van der Waals surface area contributed by atoms with Crippen LogP contribution in [0.4, 0.5) is 0 Å². The van der Waals surface area contributed by atoms with Gasteiger partial charge in [0.1, 0.15) is 28.0 Å². The minimum absolute atomic E-state index is 0.529. The van der Waals surface area contributed by atoms with E-state index in [1.807, 2.05) is 121 Å². The minimum atomic E-state index is 0.529. The Kier molecular flexibility index (Phi) is 7.94. The van der Waals surface area contributed by atoms with Gasteiger partial charge in [-0.1, -0.05) is 152 Å². The van der Waals surface area contributed by atoms with Crippen molar-refractivity contribution in [2.45, 2.75) is 0 Å². The molecule has 63 heavy (non-hydrogen) atoms. The average molecular weight is 826 g/mol. The van der Waals surface area contributed by atoms with Crippen LogP contribution >= 0.6 is 11.3 Å². The number of aromatic nitrogens is 5. The fourth-order valence-corrected chi connectivity index (χ4v) is 10.1. The van der Waals surface area contributed by atoms with E-state index < -0.39 is 0 Å². The highest BCUT2D eigenvalue weighted by molar-refractivity contribution is 7.26. The topological polar surface area (TPSA) is 90.7 Å². The molecular weight excluding hydrogens is 795 g/mol. The zero-order valence-corrected chi connectivity index (χ0v) is 34.2. The van der Waals surface area contributed by atoms with Gasteiger partial charge in [-0.15, -0.1) is 11.3 Å². The standard InChI is InChI=1S/C55H31N5O2S/c1-3-15-32(16-4-1)48-50-49(39-22-7-9-27-42(39)62-50)57-54(56-48)40-25-13-28-43-46(40)47-41(26-14-29-44(47)61-43)55-59-52(33-17-5-2-6-18-33)58-53(60-55)35-20-11-19-34(31-35)36-23-12-24-38-37-21-8-10-30-45(37)63-51(36)38/h1-31H. The Morgan fingerprint density at radius 2 is 0.889 bits per heavy atom.